The monoisotopic (exact) mass is 333 g/mol. The van der Waals surface area contributed by atoms with Crippen LogP contribution in [0.3, 0.4) is 0 Å². The van der Waals surface area contributed by atoms with Crippen molar-refractivity contribution in [1.29, 1.82) is 0 Å². The standard InChI is InChI=1S/C17H17ClFN3O/c18-15-9-13(19)4-5-14(15)17(23)21-11-12-3-6-16(20-10-12)22-7-1-2-8-22/h3-6,9-10H,1-2,7-8,11H2,(H,21,23). The number of benzene rings is 1. The molecule has 1 aromatic carbocycles. The molecule has 0 unspecified atom stereocenters. The van der Waals surface area contributed by atoms with Gasteiger partial charge in [-0.15, -0.1) is 0 Å². The van der Waals surface area contributed by atoms with Gasteiger partial charge in [0.15, 0.2) is 0 Å². The Kier molecular flexibility index (Phi) is 4.76. The smallest absolute Gasteiger partial charge is 0.253 e. The number of nitrogens with zero attached hydrogens (tertiary/aromatic N) is 2. The third kappa shape index (κ3) is 3.79. The summed E-state index contributed by atoms with van der Waals surface area (Å²) in [4.78, 5) is 18.8. The van der Waals surface area contributed by atoms with Crippen LogP contribution in [0.1, 0.15) is 28.8 Å². The minimum atomic E-state index is -0.465. The molecule has 4 nitrogen and oxygen atoms in total. The first-order valence-corrected chi connectivity index (χ1v) is 7.94. The van der Waals surface area contributed by atoms with Crippen LogP contribution in [-0.4, -0.2) is 24.0 Å². The number of rotatable bonds is 4. The Morgan fingerprint density at radius 2 is 2.04 bits per heavy atom. The van der Waals surface area contributed by atoms with Crippen molar-refractivity contribution in [3.63, 3.8) is 0 Å². The Hall–Kier alpha value is -2.14. The second-order valence-corrected chi connectivity index (χ2v) is 5.93. The molecule has 0 aliphatic carbocycles. The largest absolute Gasteiger partial charge is 0.357 e. The topological polar surface area (TPSA) is 45.2 Å². The van der Waals surface area contributed by atoms with Crippen molar-refractivity contribution in [3.8, 4) is 0 Å². The normalized spacial score (nSPS) is 14.1. The molecule has 0 atom stereocenters. The average Bonchev–Trinajstić information content (AvgIpc) is 3.07. The van der Waals surface area contributed by atoms with E-state index in [1.165, 1.54) is 25.0 Å². The fraction of sp³-hybridized carbons (Fsp3) is 0.294. The highest BCUT2D eigenvalue weighted by Gasteiger charge is 2.14. The summed E-state index contributed by atoms with van der Waals surface area (Å²) < 4.78 is 13.0. The SMILES string of the molecule is O=C(NCc1ccc(N2CCCC2)nc1)c1ccc(F)cc1Cl. The number of hydrogen-bond acceptors (Lipinski definition) is 3. The third-order valence-electron chi connectivity index (χ3n) is 3.87. The van der Waals surface area contributed by atoms with Gasteiger partial charge >= 0.3 is 0 Å². The van der Waals surface area contributed by atoms with E-state index < -0.39 is 5.82 Å². The molecule has 0 spiro atoms. The molecule has 120 valence electrons. The zero-order valence-electron chi connectivity index (χ0n) is 12.6. The molecule has 2 heterocycles. The summed E-state index contributed by atoms with van der Waals surface area (Å²) in [5.41, 5.74) is 1.16. The fourth-order valence-corrected chi connectivity index (χ4v) is 2.86. The summed E-state index contributed by atoms with van der Waals surface area (Å²) in [6.07, 6.45) is 4.18. The Balaban J connectivity index is 1.60. The summed E-state index contributed by atoms with van der Waals surface area (Å²) in [7, 11) is 0. The highest BCUT2D eigenvalue weighted by Crippen LogP contribution is 2.19. The Morgan fingerprint density at radius 3 is 2.70 bits per heavy atom. The van der Waals surface area contributed by atoms with Crippen LogP contribution in [0.5, 0.6) is 0 Å². The lowest BCUT2D eigenvalue weighted by molar-refractivity contribution is 0.0951. The second kappa shape index (κ2) is 6.96. The first-order valence-electron chi connectivity index (χ1n) is 7.56. The summed E-state index contributed by atoms with van der Waals surface area (Å²) in [5.74, 6) is 0.172. The molecule has 1 aliphatic heterocycles. The molecule has 3 rings (SSSR count). The molecule has 1 N–H and O–H groups in total. The minimum absolute atomic E-state index is 0.102. The number of aromatic nitrogens is 1. The van der Waals surface area contributed by atoms with Crippen molar-refractivity contribution in [2.45, 2.75) is 19.4 Å². The predicted molar refractivity (Wildman–Crippen MR) is 88.3 cm³/mol. The summed E-state index contributed by atoms with van der Waals surface area (Å²) in [6, 6.07) is 7.64. The molecule has 1 aromatic heterocycles. The van der Waals surface area contributed by atoms with E-state index in [2.05, 4.69) is 15.2 Å². The molecule has 1 saturated heterocycles. The number of amides is 1. The molecule has 1 aliphatic rings. The molecule has 0 radical (unpaired) electrons. The van der Waals surface area contributed by atoms with E-state index >= 15 is 0 Å². The van der Waals surface area contributed by atoms with Crippen LogP contribution in [0.4, 0.5) is 10.2 Å². The molecule has 1 amide bonds. The van der Waals surface area contributed by atoms with Gasteiger partial charge in [0.2, 0.25) is 0 Å². The van der Waals surface area contributed by atoms with E-state index in [0.717, 1.165) is 30.5 Å². The third-order valence-corrected chi connectivity index (χ3v) is 4.18. The lowest BCUT2D eigenvalue weighted by Gasteiger charge is -2.16. The molecule has 0 saturated carbocycles. The van der Waals surface area contributed by atoms with Gasteiger partial charge in [-0.25, -0.2) is 9.37 Å². The number of anilines is 1. The van der Waals surface area contributed by atoms with Crippen LogP contribution in [-0.2, 0) is 6.54 Å². The van der Waals surface area contributed by atoms with Crippen molar-refractivity contribution in [1.82, 2.24) is 10.3 Å². The number of hydrogen-bond donors (Lipinski definition) is 1. The number of pyridine rings is 1. The zero-order chi connectivity index (χ0) is 16.2. The zero-order valence-corrected chi connectivity index (χ0v) is 13.3. The van der Waals surface area contributed by atoms with Gasteiger partial charge in [-0.1, -0.05) is 17.7 Å². The van der Waals surface area contributed by atoms with Crippen LogP contribution < -0.4 is 10.2 Å². The molecule has 0 bridgehead atoms. The Bertz CT molecular complexity index is 699. The highest BCUT2D eigenvalue weighted by atomic mass is 35.5. The number of carbonyl (C=O) groups excluding carboxylic acids is 1. The molecule has 2 aromatic rings. The molecule has 1 fully saturated rings. The number of carbonyl (C=O) groups is 1. The van der Waals surface area contributed by atoms with Crippen molar-refractivity contribution in [2.75, 3.05) is 18.0 Å². The van der Waals surface area contributed by atoms with E-state index in [4.69, 9.17) is 11.6 Å². The molecule has 6 heteroatoms. The van der Waals surface area contributed by atoms with Crippen molar-refractivity contribution in [2.24, 2.45) is 0 Å². The lowest BCUT2D eigenvalue weighted by Crippen LogP contribution is -2.23. The maximum Gasteiger partial charge on any atom is 0.253 e. The van der Waals surface area contributed by atoms with E-state index in [0.29, 0.717) is 6.54 Å². The van der Waals surface area contributed by atoms with Gasteiger partial charge in [-0.2, -0.15) is 0 Å². The van der Waals surface area contributed by atoms with E-state index in [9.17, 15) is 9.18 Å². The second-order valence-electron chi connectivity index (χ2n) is 5.53. The van der Waals surface area contributed by atoms with E-state index in [-0.39, 0.29) is 16.5 Å². The first-order chi connectivity index (χ1) is 11.1. The van der Waals surface area contributed by atoms with Crippen LogP contribution >= 0.6 is 11.6 Å². The van der Waals surface area contributed by atoms with Gasteiger partial charge in [0, 0.05) is 25.8 Å². The van der Waals surface area contributed by atoms with Crippen LogP contribution in [0.25, 0.3) is 0 Å². The van der Waals surface area contributed by atoms with Gasteiger partial charge in [0.25, 0.3) is 5.91 Å². The molecular weight excluding hydrogens is 317 g/mol. The summed E-state index contributed by atoms with van der Waals surface area (Å²) in [6.45, 7) is 2.44. The average molecular weight is 334 g/mol. The fourth-order valence-electron chi connectivity index (χ4n) is 2.61. The van der Waals surface area contributed by atoms with Gasteiger partial charge in [-0.3, -0.25) is 4.79 Å². The molecule has 23 heavy (non-hydrogen) atoms. The van der Waals surface area contributed by atoms with Crippen LogP contribution in [0.2, 0.25) is 5.02 Å². The predicted octanol–water partition coefficient (Wildman–Crippen LogP) is 3.40. The Morgan fingerprint density at radius 1 is 1.26 bits per heavy atom. The van der Waals surface area contributed by atoms with Gasteiger partial charge < -0.3 is 10.2 Å². The van der Waals surface area contributed by atoms with Crippen molar-refractivity contribution < 1.29 is 9.18 Å². The van der Waals surface area contributed by atoms with Gasteiger partial charge in [-0.05, 0) is 42.7 Å². The highest BCUT2D eigenvalue weighted by molar-refractivity contribution is 6.33. The molecular formula is C17H17ClFN3O. The number of nitrogens with one attached hydrogen (secondary N) is 1. The number of halogens is 2. The minimum Gasteiger partial charge on any atom is -0.357 e. The maximum absolute atomic E-state index is 13.0. The van der Waals surface area contributed by atoms with Crippen molar-refractivity contribution >= 4 is 23.3 Å². The quantitative estimate of drug-likeness (QED) is 0.932. The maximum atomic E-state index is 13.0. The van der Waals surface area contributed by atoms with Crippen LogP contribution in [0.15, 0.2) is 36.5 Å². The van der Waals surface area contributed by atoms with E-state index in [1.807, 2.05) is 12.1 Å². The summed E-state index contributed by atoms with van der Waals surface area (Å²) >= 11 is 5.88. The first kappa shape index (κ1) is 15.7. The van der Waals surface area contributed by atoms with Gasteiger partial charge in [0.05, 0.1) is 10.6 Å². The van der Waals surface area contributed by atoms with E-state index in [1.54, 1.807) is 6.20 Å². The van der Waals surface area contributed by atoms with Gasteiger partial charge in [0.1, 0.15) is 11.6 Å². The van der Waals surface area contributed by atoms with Crippen LogP contribution in [0, 0.1) is 5.82 Å². The Labute approximate surface area is 139 Å². The van der Waals surface area contributed by atoms with Crippen molar-refractivity contribution in [3.05, 3.63) is 58.5 Å². The summed E-state index contributed by atoms with van der Waals surface area (Å²) in [5, 5.41) is 2.87. The lowest BCUT2D eigenvalue weighted by atomic mass is 10.2.